The number of nitrogens with one attached hydrogen (secondary N) is 2. The van der Waals surface area contributed by atoms with Crippen molar-refractivity contribution in [2.75, 3.05) is 5.32 Å². The van der Waals surface area contributed by atoms with Gasteiger partial charge >= 0.3 is 0 Å². The minimum absolute atomic E-state index is 0. The summed E-state index contributed by atoms with van der Waals surface area (Å²) < 4.78 is 5.15. The number of rotatable bonds is 5. The molecule has 7 heteroatoms. The minimum atomic E-state index is -0.276. The van der Waals surface area contributed by atoms with E-state index < -0.39 is 0 Å². The minimum Gasteiger partial charge on any atom is -0.467 e. The zero-order valence-corrected chi connectivity index (χ0v) is 14.6. The van der Waals surface area contributed by atoms with Crippen LogP contribution in [0.3, 0.4) is 0 Å². The van der Waals surface area contributed by atoms with E-state index in [0.29, 0.717) is 22.6 Å². The molecule has 6 nitrogen and oxygen atoms in total. The molecule has 1 fully saturated rings. The number of furan rings is 1. The summed E-state index contributed by atoms with van der Waals surface area (Å²) in [6.45, 7) is 0.248. The van der Waals surface area contributed by atoms with Crippen molar-refractivity contribution >= 4 is 29.9 Å². The second-order valence-electron chi connectivity index (χ2n) is 5.99. The van der Waals surface area contributed by atoms with Gasteiger partial charge in [-0.05, 0) is 43.2 Å². The van der Waals surface area contributed by atoms with E-state index in [1.54, 1.807) is 30.3 Å². The fraction of sp³-hybridized carbons (Fsp3) is 0.333. The summed E-state index contributed by atoms with van der Waals surface area (Å²) in [7, 11) is 0. The third-order valence-electron chi connectivity index (χ3n) is 4.21. The van der Waals surface area contributed by atoms with Crippen LogP contribution in [0, 0.1) is 0 Å². The molecule has 1 aliphatic rings. The maximum Gasteiger partial charge on any atom is 0.258 e. The third-order valence-corrected chi connectivity index (χ3v) is 4.21. The number of hydrogen-bond acceptors (Lipinski definition) is 4. The van der Waals surface area contributed by atoms with Gasteiger partial charge in [-0.2, -0.15) is 0 Å². The topological polar surface area (TPSA) is 97.4 Å². The Morgan fingerprint density at radius 1 is 1.08 bits per heavy atom. The van der Waals surface area contributed by atoms with E-state index >= 15 is 0 Å². The van der Waals surface area contributed by atoms with Crippen molar-refractivity contribution in [1.29, 1.82) is 0 Å². The second-order valence-corrected chi connectivity index (χ2v) is 5.99. The van der Waals surface area contributed by atoms with Crippen LogP contribution in [0.4, 0.5) is 5.69 Å². The lowest BCUT2D eigenvalue weighted by Gasteiger charge is -2.12. The molecule has 0 radical (unpaired) electrons. The molecule has 0 bridgehead atoms. The Morgan fingerprint density at radius 2 is 1.76 bits per heavy atom. The van der Waals surface area contributed by atoms with Gasteiger partial charge in [0.15, 0.2) is 0 Å². The van der Waals surface area contributed by atoms with Crippen LogP contribution < -0.4 is 16.4 Å². The Balaban J connectivity index is 0.00000225. The molecule has 1 aliphatic carbocycles. The standard InChI is InChI=1S/C18H21N3O3.ClH/c19-10-16-9-13(11-24-16)18(23)21-15-7-5-12(6-8-15)17(22)20-14-3-1-2-4-14;/h5-9,11,14H,1-4,10,19H2,(H,20,22)(H,21,23);1H. The lowest BCUT2D eigenvalue weighted by atomic mass is 10.1. The SMILES string of the molecule is Cl.NCc1cc(C(=O)Nc2ccc(C(=O)NC3CCCC3)cc2)co1. The van der Waals surface area contributed by atoms with Gasteiger partial charge < -0.3 is 20.8 Å². The van der Waals surface area contributed by atoms with E-state index in [0.717, 1.165) is 12.8 Å². The largest absolute Gasteiger partial charge is 0.467 e. The van der Waals surface area contributed by atoms with Crippen molar-refractivity contribution in [3.63, 3.8) is 0 Å². The van der Waals surface area contributed by atoms with Gasteiger partial charge in [0.25, 0.3) is 11.8 Å². The lowest BCUT2D eigenvalue weighted by molar-refractivity contribution is 0.0937. The summed E-state index contributed by atoms with van der Waals surface area (Å²) in [5.41, 5.74) is 7.08. The zero-order valence-electron chi connectivity index (χ0n) is 13.8. The molecule has 134 valence electrons. The molecular weight excluding hydrogens is 342 g/mol. The van der Waals surface area contributed by atoms with Crippen LogP contribution in [0.5, 0.6) is 0 Å². The quantitative estimate of drug-likeness (QED) is 0.760. The van der Waals surface area contributed by atoms with Crippen LogP contribution >= 0.6 is 12.4 Å². The number of hydrogen-bond donors (Lipinski definition) is 3. The monoisotopic (exact) mass is 363 g/mol. The number of halogens is 1. The highest BCUT2D eigenvalue weighted by atomic mass is 35.5. The Kier molecular flexibility index (Phi) is 6.61. The van der Waals surface area contributed by atoms with Crippen LogP contribution in [0.1, 0.15) is 52.2 Å². The first kappa shape index (κ1) is 19.0. The Bertz CT molecular complexity index is 721. The van der Waals surface area contributed by atoms with E-state index in [4.69, 9.17) is 10.2 Å². The molecule has 0 unspecified atom stereocenters. The van der Waals surface area contributed by atoms with Crippen molar-refractivity contribution in [2.45, 2.75) is 38.3 Å². The number of carbonyl (C=O) groups is 2. The van der Waals surface area contributed by atoms with Gasteiger partial charge in [-0.15, -0.1) is 12.4 Å². The van der Waals surface area contributed by atoms with E-state index in [1.165, 1.54) is 19.1 Å². The molecule has 0 saturated heterocycles. The molecule has 0 atom stereocenters. The molecule has 0 spiro atoms. The van der Waals surface area contributed by atoms with Gasteiger partial charge in [0.2, 0.25) is 0 Å². The summed E-state index contributed by atoms with van der Waals surface area (Å²) in [5.74, 6) is 0.211. The highest BCUT2D eigenvalue weighted by Gasteiger charge is 2.18. The third kappa shape index (κ3) is 4.84. The molecule has 1 aromatic carbocycles. The molecule has 4 N–H and O–H groups in total. The van der Waals surface area contributed by atoms with Crippen LogP contribution in [0.2, 0.25) is 0 Å². The van der Waals surface area contributed by atoms with Crippen LogP contribution in [-0.2, 0) is 6.54 Å². The first-order chi connectivity index (χ1) is 11.7. The van der Waals surface area contributed by atoms with Gasteiger partial charge in [0.05, 0.1) is 12.1 Å². The smallest absolute Gasteiger partial charge is 0.258 e. The predicted octanol–water partition coefficient (Wildman–Crippen LogP) is 3.08. The molecule has 2 amide bonds. The fourth-order valence-electron chi connectivity index (χ4n) is 2.85. The highest BCUT2D eigenvalue weighted by Crippen LogP contribution is 2.19. The van der Waals surface area contributed by atoms with Gasteiger partial charge in [-0.1, -0.05) is 12.8 Å². The molecule has 3 rings (SSSR count). The summed E-state index contributed by atoms with van der Waals surface area (Å²) in [4.78, 5) is 24.3. The van der Waals surface area contributed by atoms with Crippen molar-refractivity contribution in [3.05, 3.63) is 53.5 Å². The Hall–Kier alpha value is -2.31. The van der Waals surface area contributed by atoms with Crippen molar-refractivity contribution in [2.24, 2.45) is 5.73 Å². The molecule has 25 heavy (non-hydrogen) atoms. The average Bonchev–Trinajstić information content (AvgIpc) is 3.26. The summed E-state index contributed by atoms with van der Waals surface area (Å²) in [5, 5.41) is 5.80. The number of benzene rings is 1. The normalized spacial score (nSPS) is 14.0. The van der Waals surface area contributed by atoms with Crippen LogP contribution in [-0.4, -0.2) is 17.9 Å². The van der Waals surface area contributed by atoms with Crippen molar-refractivity contribution < 1.29 is 14.0 Å². The van der Waals surface area contributed by atoms with Gasteiger partial charge in [-0.3, -0.25) is 9.59 Å². The number of amides is 2. The van der Waals surface area contributed by atoms with Crippen LogP contribution in [0.25, 0.3) is 0 Å². The van der Waals surface area contributed by atoms with Crippen LogP contribution in [0.15, 0.2) is 41.0 Å². The van der Waals surface area contributed by atoms with Gasteiger partial charge in [0.1, 0.15) is 12.0 Å². The first-order valence-electron chi connectivity index (χ1n) is 8.15. The number of anilines is 1. The van der Waals surface area contributed by atoms with E-state index in [2.05, 4.69) is 10.6 Å². The van der Waals surface area contributed by atoms with Crippen molar-refractivity contribution in [1.82, 2.24) is 5.32 Å². The maximum absolute atomic E-state index is 12.2. The Labute approximate surface area is 152 Å². The van der Waals surface area contributed by atoms with E-state index in [1.807, 2.05) is 0 Å². The molecule has 2 aromatic rings. The number of carbonyl (C=O) groups excluding carboxylic acids is 2. The zero-order chi connectivity index (χ0) is 16.9. The fourth-order valence-corrected chi connectivity index (χ4v) is 2.85. The summed E-state index contributed by atoms with van der Waals surface area (Å²) >= 11 is 0. The van der Waals surface area contributed by atoms with E-state index in [-0.39, 0.29) is 36.8 Å². The molecule has 1 saturated carbocycles. The molecular formula is C18H22ClN3O3. The van der Waals surface area contributed by atoms with Gasteiger partial charge in [-0.25, -0.2) is 0 Å². The summed E-state index contributed by atoms with van der Waals surface area (Å²) in [6.07, 6.45) is 5.83. The first-order valence-corrected chi connectivity index (χ1v) is 8.15. The lowest BCUT2D eigenvalue weighted by Crippen LogP contribution is -2.32. The highest BCUT2D eigenvalue weighted by molar-refractivity contribution is 6.04. The number of nitrogens with two attached hydrogens (primary N) is 1. The molecule has 0 aliphatic heterocycles. The second kappa shape index (κ2) is 8.69. The van der Waals surface area contributed by atoms with E-state index in [9.17, 15) is 9.59 Å². The maximum atomic E-state index is 12.2. The predicted molar refractivity (Wildman–Crippen MR) is 98.0 cm³/mol. The summed E-state index contributed by atoms with van der Waals surface area (Å²) in [6, 6.07) is 8.74. The van der Waals surface area contributed by atoms with Gasteiger partial charge in [0, 0.05) is 17.3 Å². The van der Waals surface area contributed by atoms with Crippen molar-refractivity contribution in [3.8, 4) is 0 Å². The molecule has 1 aromatic heterocycles. The molecule has 1 heterocycles. The average molecular weight is 364 g/mol. The Morgan fingerprint density at radius 3 is 2.36 bits per heavy atom.